The summed E-state index contributed by atoms with van der Waals surface area (Å²) in [6, 6.07) is 13.0. The van der Waals surface area contributed by atoms with E-state index in [2.05, 4.69) is 14.7 Å². The van der Waals surface area contributed by atoms with Crippen molar-refractivity contribution in [1.82, 2.24) is 9.97 Å². The van der Waals surface area contributed by atoms with Crippen LogP contribution in [-0.4, -0.2) is 16.3 Å². The molecule has 1 unspecified atom stereocenters. The average Bonchev–Trinajstić information content (AvgIpc) is 3.30. The van der Waals surface area contributed by atoms with Crippen LogP contribution in [0.15, 0.2) is 64.8 Å². The van der Waals surface area contributed by atoms with E-state index in [1.807, 2.05) is 44.2 Å². The van der Waals surface area contributed by atoms with E-state index in [-0.39, 0.29) is 11.7 Å². The molecule has 1 atom stereocenters. The number of nitrogens with one attached hydrogen (secondary N) is 1. The lowest BCUT2D eigenvalue weighted by Crippen LogP contribution is -2.15. The molecule has 4 nitrogen and oxygen atoms in total. The Hall–Kier alpha value is -3.22. The Morgan fingerprint density at radius 3 is 2.55 bits per heavy atom. The van der Waals surface area contributed by atoms with Crippen molar-refractivity contribution in [3.8, 4) is 22.8 Å². The summed E-state index contributed by atoms with van der Waals surface area (Å²) >= 11 is 0. The molecule has 0 saturated heterocycles. The number of hydrogen-bond donors (Lipinski definition) is 1. The predicted octanol–water partition coefficient (Wildman–Crippen LogP) is 6.49. The zero-order valence-corrected chi connectivity index (χ0v) is 15.9. The van der Waals surface area contributed by atoms with Crippen molar-refractivity contribution < 1.29 is 22.3 Å². The lowest BCUT2D eigenvalue weighted by molar-refractivity contribution is -0.302. The van der Waals surface area contributed by atoms with Crippen LogP contribution in [0.1, 0.15) is 24.8 Å². The minimum Gasteiger partial charge on any atom is -0.453 e. The van der Waals surface area contributed by atoms with Crippen LogP contribution < -0.4 is 0 Å². The van der Waals surface area contributed by atoms with E-state index in [9.17, 15) is 13.2 Å². The monoisotopic (exact) mass is 400 g/mol. The Bertz CT molecular complexity index is 1080. The molecule has 0 radical (unpaired) electrons. The normalized spacial score (nSPS) is 17.1. The van der Waals surface area contributed by atoms with Gasteiger partial charge in [0.15, 0.2) is 11.6 Å². The van der Waals surface area contributed by atoms with Gasteiger partial charge in [-0.15, -0.1) is 13.2 Å². The first-order valence-electron chi connectivity index (χ1n) is 9.21. The van der Waals surface area contributed by atoms with Crippen LogP contribution in [0.5, 0.6) is 0 Å². The van der Waals surface area contributed by atoms with Crippen LogP contribution in [0.3, 0.4) is 0 Å². The second-order valence-electron chi connectivity index (χ2n) is 7.00. The maximum Gasteiger partial charge on any atom is 0.573 e. The number of rotatable bonds is 4. The number of H-pyrrole nitrogens is 1. The van der Waals surface area contributed by atoms with Gasteiger partial charge in [-0.25, -0.2) is 4.98 Å². The number of imidazole rings is 1. The zero-order valence-electron chi connectivity index (χ0n) is 15.9. The SMILES string of the molecule is Cc1[nH]c(-c2ccc(C3=CC(C)CC=C3OC(F)(F)F)o2)nc1-c1ccccc1. The van der Waals surface area contributed by atoms with Crippen LogP contribution in [0.25, 0.3) is 28.4 Å². The molecule has 7 heteroatoms. The van der Waals surface area contributed by atoms with E-state index >= 15 is 0 Å². The van der Waals surface area contributed by atoms with Crippen molar-refractivity contribution in [1.29, 1.82) is 0 Å². The molecule has 0 aliphatic heterocycles. The number of benzene rings is 1. The lowest BCUT2D eigenvalue weighted by atomic mass is 9.95. The van der Waals surface area contributed by atoms with Crippen LogP contribution >= 0.6 is 0 Å². The number of alkyl halides is 3. The van der Waals surface area contributed by atoms with E-state index in [0.717, 1.165) is 17.0 Å². The molecular weight excluding hydrogens is 381 g/mol. The molecular formula is C22H19F3N2O2. The van der Waals surface area contributed by atoms with Crippen molar-refractivity contribution in [3.63, 3.8) is 0 Å². The predicted molar refractivity (Wildman–Crippen MR) is 103 cm³/mol. The summed E-state index contributed by atoms with van der Waals surface area (Å²) in [5.41, 5.74) is 2.92. The van der Waals surface area contributed by atoms with E-state index in [4.69, 9.17) is 4.42 Å². The molecule has 3 aromatic rings. The highest BCUT2D eigenvalue weighted by atomic mass is 19.4. The number of halogens is 3. The summed E-state index contributed by atoms with van der Waals surface area (Å²) in [5.74, 6) is 1.10. The van der Waals surface area contributed by atoms with E-state index in [1.54, 1.807) is 18.2 Å². The van der Waals surface area contributed by atoms with Crippen molar-refractivity contribution in [2.75, 3.05) is 0 Å². The van der Waals surface area contributed by atoms with Crippen molar-refractivity contribution in [2.45, 2.75) is 26.6 Å². The third kappa shape index (κ3) is 4.13. The molecule has 0 spiro atoms. The van der Waals surface area contributed by atoms with Gasteiger partial charge in [0.1, 0.15) is 11.5 Å². The standard InChI is InChI=1S/C22H19F3N2O2/c1-13-8-9-18(29-22(23,24)25)16(12-13)17-10-11-19(28-17)21-26-14(2)20(27-21)15-6-4-3-5-7-15/h3-7,9-13H,8H2,1-2H3,(H,26,27). The van der Waals surface area contributed by atoms with Gasteiger partial charge in [0.2, 0.25) is 0 Å². The first kappa shape index (κ1) is 19.1. The second kappa shape index (κ2) is 7.31. The molecule has 1 aromatic carbocycles. The molecule has 0 saturated carbocycles. The summed E-state index contributed by atoms with van der Waals surface area (Å²) in [7, 11) is 0. The van der Waals surface area contributed by atoms with Crippen molar-refractivity contribution in [3.05, 3.63) is 71.8 Å². The molecule has 150 valence electrons. The minimum atomic E-state index is -4.76. The summed E-state index contributed by atoms with van der Waals surface area (Å²) < 4.78 is 48.4. The highest BCUT2D eigenvalue weighted by molar-refractivity contribution is 5.76. The Balaban J connectivity index is 1.66. The summed E-state index contributed by atoms with van der Waals surface area (Å²) in [5, 5.41) is 0. The van der Waals surface area contributed by atoms with Crippen LogP contribution in [-0.2, 0) is 4.74 Å². The number of nitrogens with zero attached hydrogens (tertiary/aromatic N) is 1. The molecule has 4 rings (SSSR count). The number of hydrogen-bond acceptors (Lipinski definition) is 3. The average molecular weight is 400 g/mol. The Labute approximate surface area is 165 Å². The Morgan fingerprint density at radius 2 is 1.83 bits per heavy atom. The lowest BCUT2D eigenvalue weighted by Gasteiger charge is -2.19. The van der Waals surface area contributed by atoms with Crippen LogP contribution in [0, 0.1) is 12.8 Å². The maximum atomic E-state index is 12.8. The quantitative estimate of drug-likeness (QED) is 0.545. The summed E-state index contributed by atoms with van der Waals surface area (Å²) in [6.45, 7) is 3.83. The van der Waals surface area contributed by atoms with E-state index < -0.39 is 6.36 Å². The van der Waals surface area contributed by atoms with Gasteiger partial charge in [-0.2, -0.15) is 0 Å². The Morgan fingerprint density at radius 1 is 1.10 bits per heavy atom. The molecule has 0 fully saturated rings. The largest absolute Gasteiger partial charge is 0.573 e. The molecule has 0 amide bonds. The first-order chi connectivity index (χ1) is 13.8. The number of furan rings is 1. The van der Waals surface area contributed by atoms with Gasteiger partial charge in [0, 0.05) is 11.3 Å². The van der Waals surface area contributed by atoms with E-state index in [0.29, 0.717) is 29.3 Å². The van der Waals surface area contributed by atoms with Crippen LogP contribution in [0.4, 0.5) is 13.2 Å². The number of aromatic amines is 1. The molecule has 2 heterocycles. The van der Waals surface area contributed by atoms with Gasteiger partial charge in [0.25, 0.3) is 0 Å². The molecule has 29 heavy (non-hydrogen) atoms. The number of aromatic nitrogens is 2. The van der Waals surface area contributed by atoms with Crippen LogP contribution in [0.2, 0.25) is 0 Å². The third-order valence-corrected chi connectivity index (χ3v) is 4.65. The van der Waals surface area contributed by atoms with Gasteiger partial charge in [-0.1, -0.05) is 43.3 Å². The molecule has 2 aromatic heterocycles. The third-order valence-electron chi connectivity index (χ3n) is 4.65. The maximum absolute atomic E-state index is 12.8. The zero-order chi connectivity index (χ0) is 20.6. The van der Waals surface area contributed by atoms with Crippen molar-refractivity contribution >= 4 is 5.57 Å². The van der Waals surface area contributed by atoms with Gasteiger partial charge in [-0.05, 0) is 37.5 Å². The minimum absolute atomic E-state index is 0.0784. The highest BCUT2D eigenvalue weighted by Gasteiger charge is 2.34. The number of allylic oxidation sites excluding steroid dienone is 3. The fourth-order valence-electron chi connectivity index (χ4n) is 3.33. The topological polar surface area (TPSA) is 51.0 Å². The molecule has 1 N–H and O–H groups in total. The first-order valence-corrected chi connectivity index (χ1v) is 9.21. The smallest absolute Gasteiger partial charge is 0.453 e. The fraction of sp³-hybridized carbons (Fsp3) is 0.227. The van der Waals surface area contributed by atoms with Gasteiger partial charge >= 0.3 is 6.36 Å². The van der Waals surface area contributed by atoms with Gasteiger partial charge < -0.3 is 14.1 Å². The highest BCUT2D eigenvalue weighted by Crippen LogP contribution is 2.37. The summed E-state index contributed by atoms with van der Waals surface area (Å²) in [4.78, 5) is 7.79. The molecule has 0 bridgehead atoms. The molecule has 1 aliphatic carbocycles. The number of ether oxygens (including phenoxy) is 1. The Kier molecular flexibility index (Phi) is 4.82. The van der Waals surface area contributed by atoms with Gasteiger partial charge in [0.05, 0.1) is 11.3 Å². The van der Waals surface area contributed by atoms with Crippen molar-refractivity contribution in [2.24, 2.45) is 5.92 Å². The van der Waals surface area contributed by atoms with E-state index in [1.165, 1.54) is 6.08 Å². The van der Waals surface area contributed by atoms with Gasteiger partial charge in [-0.3, -0.25) is 0 Å². The fourth-order valence-corrected chi connectivity index (χ4v) is 3.33. The molecule has 1 aliphatic rings. The second-order valence-corrected chi connectivity index (χ2v) is 7.00. The summed E-state index contributed by atoms with van der Waals surface area (Å²) in [6.07, 6.45) is -1.11. The number of aryl methyl sites for hydroxylation is 1.